The van der Waals surface area contributed by atoms with Crippen LogP contribution < -0.4 is 14.4 Å². The van der Waals surface area contributed by atoms with Crippen molar-refractivity contribution in [1.29, 1.82) is 0 Å². The van der Waals surface area contributed by atoms with E-state index in [9.17, 15) is 18.0 Å². The van der Waals surface area contributed by atoms with E-state index >= 15 is 0 Å². The summed E-state index contributed by atoms with van der Waals surface area (Å²) in [7, 11) is -2.50. The number of sulfonamides is 1. The van der Waals surface area contributed by atoms with Gasteiger partial charge in [-0.2, -0.15) is 0 Å². The van der Waals surface area contributed by atoms with Gasteiger partial charge in [-0.05, 0) is 50.5 Å². The molecular weight excluding hydrogens is 502 g/mol. The molecule has 2 atom stereocenters. The van der Waals surface area contributed by atoms with Gasteiger partial charge in [-0.15, -0.1) is 0 Å². The van der Waals surface area contributed by atoms with E-state index < -0.39 is 28.5 Å². The lowest BCUT2D eigenvalue weighted by Gasteiger charge is -2.33. The zero-order chi connectivity index (χ0) is 27.0. The van der Waals surface area contributed by atoms with E-state index in [4.69, 9.17) is 16.3 Å². The average Bonchev–Trinajstić information content (AvgIpc) is 2.82. The van der Waals surface area contributed by atoms with Gasteiger partial charge in [-0.3, -0.25) is 13.9 Å². The van der Waals surface area contributed by atoms with E-state index in [-0.39, 0.29) is 29.9 Å². The third-order valence-corrected chi connectivity index (χ3v) is 7.31. The van der Waals surface area contributed by atoms with Gasteiger partial charge in [0.2, 0.25) is 21.8 Å². The van der Waals surface area contributed by atoms with Crippen LogP contribution in [0.4, 0.5) is 5.69 Å². The van der Waals surface area contributed by atoms with Crippen LogP contribution in [0.2, 0.25) is 5.02 Å². The molecule has 10 heteroatoms. The summed E-state index contributed by atoms with van der Waals surface area (Å²) in [6, 6.07) is 11.3. The summed E-state index contributed by atoms with van der Waals surface area (Å²) in [5, 5.41) is 3.24. The first-order valence-electron chi connectivity index (χ1n) is 11.9. The summed E-state index contributed by atoms with van der Waals surface area (Å²) in [6.07, 6.45) is 2.11. The molecule has 0 unspecified atom stereocenters. The minimum atomic E-state index is -3.90. The highest BCUT2D eigenvalue weighted by Gasteiger charge is 2.33. The van der Waals surface area contributed by atoms with Crippen LogP contribution in [0, 0.1) is 6.92 Å². The average molecular weight is 538 g/mol. The van der Waals surface area contributed by atoms with Crippen LogP contribution >= 0.6 is 11.6 Å². The maximum absolute atomic E-state index is 13.8. The Morgan fingerprint density at radius 1 is 1.08 bits per heavy atom. The zero-order valence-electron chi connectivity index (χ0n) is 21.7. The van der Waals surface area contributed by atoms with Crippen molar-refractivity contribution in [2.45, 2.75) is 59.2 Å². The number of hydrogen-bond donors (Lipinski definition) is 1. The van der Waals surface area contributed by atoms with Gasteiger partial charge >= 0.3 is 0 Å². The van der Waals surface area contributed by atoms with Gasteiger partial charge in [0, 0.05) is 17.6 Å². The molecule has 8 nitrogen and oxygen atoms in total. The van der Waals surface area contributed by atoms with Crippen molar-refractivity contribution in [3.8, 4) is 5.75 Å². The number of nitrogens with one attached hydrogen (secondary N) is 1. The number of aryl methyl sites for hydroxylation is 1. The predicted molar refractivity (Wildman–Crippen MR) is 144 cm³/mol. The highest BCUT2D eigenvalue weighted by molar-refractivity contribution is 7.92. The molecule has 2 amide bonds. The molecule has 198 valence electrons. The number of carbonyl (C=O) groups is 2. The van der Waals surface area contributed by atoms with Gasteiger partial charge in [0.15, 0.2) is 0 Å². The number of nitrogens with zero attached hydrogens (tertiary/aromatic N) is 2. The quantitative estimate of drug-likeness (QED) is 0.439. The Bertz CT molecular complexity index is 1150. The molecule has 0 aliphatic carbocycles. The maximum atomic E-state index is 13.8. The van der Waals surface area contributed by atoms with E-state index in [1.165, 1.54) is 18.1 Å². The molecule has 0 fully saturated rings. The SMILES string of the molecule is CC[C@H](C)NC(=O)[C@H](CC)N(Cc1ccc(C)cc1)C(=O)CN(c1cc(Cl)ccc1OC)S(C)(=O)=O. The normalized spacial score (nSPS) is 13.0. The third-order valence-electron chi connectivity index (χ3n) is 5.95. The zero-order valence-corrected chi connectivity index (χ0v) is 23.3. The van der Waals surface area contributed by atoms with Gasteiger partial charge in [0.1, 0.15) is 18.3 Å². The van der Waals surface area contributed by atoms with Gasteiger partial charge in [0.05, 0.1) is 19.1 Å². The van der Waals surface area contributed by atoms with Gasteiger partial charge in [-0.1, -0.05) is 55.3 Å². The number of halogens is 1. The molecule has 0 aromatic heterocycles. The van der Waals surface area contributed by atoms with Crippen LogP contribution in [-0.4, -0.2) is 57.1 Å². The molecule has 0 saturated carbocycles. The second-order valence-electron chi connectivity index (χ2n) is 8.83. The Balaban J connectivity index is 2.50. The Morgan fingerprint density at radius 3 is 2.25 bits per heavy atom. The number of amides is 2. The van der Waals surface area contributed by atoms with Gasteiger partial charge in [0.25, 0.3) is 0 Å². The number of methoxy groups -OCH3 is 1. The van der Waals surface area contributed by atoms with E-state index in [0.29, 0.717) is 11.4 Å². The lowest BCUT2D eigenvalue weighted by atomic mass is 10.1. The fraction of sp³-hybridized carbons (Fsp3) is 0.462. The topological polar surface area (TPSA) is 96.0 Å². The van der Waals surface area contributed by atoms with Crippen molar-refractivity contribution in [3.05, 3.63) is 58.6 Å². The molecule has 0 saturated heterocycles. The van der Waals surface area contributed by atoms with Crippen molar-refractivity contribution in [3.63, 3.8) is 0 Å². The summed E-state index contributed by atoms with van der Waals surface area (Å²) in [5.41, 5.74) is 2.04. The van der Waals surface area contributed by atoms with Crippen LogP contribution in [0.5, 0.6) is 5.75 Å². The molecule has 0 aliphatic heterocycles. The molecule has 2 aromatic carbocycles. The smallest absolute Gasteiger partial charge is 0.244 e. The number of carbonyl (C=O) groups excluding carboxylic acids is 2. The standard InChI is InChI=1S/C26H36ClN3O5S/c1-7-19(4)28-26(32)22(8-2)29(16-20-11-9-18(3)10-12-20)25(31)17-30(36(6,33)34)23-15-21(27)13-14-24(23)35-5/h9-15,19,22H,7-8,16-17H2,1-6H3,(H,28,32)/t19-,22-/m0/s1. The first-order chi connectivity index (χ1) is 16.9. The molecule has 0 bridgehead atoms. The molecule has 2 aromatic rings. The Kier molecular flexibility index (Phi) is 10.6. The summed E-state index contributed by atoms with van der Waals surface area (Å²) < 4.78 is 31.9. The van der Waals surface area contributed by atoms with E-state index in [2.05, 4.69) is 5.32 Å². The fourth-order valence-corrected chi connectivity index (χ4v) is 4.71. The summed E-state index contributed by atoms with van der Waals surface area (Å²) >= 11 is 6.14. The predicted octanol–water partition coefficient (Wildman–Crippen LogP) is 4.15. The highest BCUT2D eigenvalue weighted by atomic mass is 35.5. The first kappa shape index (κ1) is 29.5. The van der Waals surface area contributed by atoms with Crippen molar-refractivity contribution in [1.82, 2.24) is 10.2 Å². The Labute approximate surface area is 219 Å². The van der Waals surface area contributed by atoms with Crippen LogP contribution in [0.25, 0.3) is 0 Å². The molecule has 36 heavy (non-hydrogen) atoms. The number of ether oxygens (including phenoxy) is 1. The first-order valence-corrected chi connectivity index (χ1v) is 14.1. The molecule has 1 N–H and O–H groups in total. The maximum Gasteiger partial charge on any atom is 0.244 e. The number of rotatable bonds is 12. The fourth-order valence-electron chi connectivity index (χ4n) is 3.70. The third kappa shape index (κ3) is 7.86. The monoisotopic (exact) mass is 537 g/mol. The summed E-state index contributed by atoms with van der Waals surface area (Å²) in [6.45, 7) is 7.27. The second-order valence-corrected chi connectivity index (χ2v) is 11.2. The van der Waals surface area contributed by atoms with E-state index in [1.54, 1.807) is 12.1 Å². The van der Waals surface area contributed by atoms with Crippen LogP contribution in [-0.2, 0) is 26.2 Å². The van der Waals surface area contributed by atoms with Crippen LogP contribution in [0.1, 0.15) is 44.7 Å². The number of benzene rings is 2. The minimum absolute atomic E-state index is 0.0638. The van der Waals surface area contributed by atoms with Gasteiger partial charge in [-0.25, -0.2) is 8.42 Å². The van der Waals surface area contributed by atoms with Crippen LogP contribution in [0.3, 0.4) is 0 Å². The summed E-state index contributed by atoms with van der Waals surface area (Å²) in [5.74, 6) is -0.544. The Hall–Kier alpha value is -2.78. The number of hydrogen-bond acceptors (Lipinski definition) is 5. The molecule has 0 radical (unpaired) electrons. The molecule has 2 rings (SSSR count). The highest BCUT2D eigenvalue weighted by Crippen LogP contribution is 2.33. The molecule has 0 aliphatic rings. The number of anilines is 1. The second kappa shape index (κ2) is 13.0. The van der Waals surface area contributed by atoms with E-state index in [1.807, 2.05) is 52.0 Å². The van der Waals surface area contributed by atoms with Crippen molar-refractivity contribution in [2.75, 3.05) is 24.2 Å². The molecule has 0 heterocycles. The lowest BCUT2D eigenvalue weighted by molar-refractivity contribution is -0.140. The largest absolute Gasteiger partial charge is 0.495 e. The van der Waals surface area contributed by atoms with Crippen LogP contribution in [0.15, 0.2) is 42.5 Å². The lowest BCUT2D eigenvalue weighted by Crippen LogP contribution is -2.53. The van der Waals surface area contributed by atoms with Gasteiger partial charge < -0.3 is 15.0 Å². The molecule has 0 spiro atoms. The van der Waals surface area contributed by atoms with Crippen molar-refractivity contribution in [2.24, 2.45) is 0 Å². The van der Waals surface area contributed by atoms with Crippen molar-refractivity contribution < 1.29 is 22.7 Å². The summed E-state index contributed by atoms with van der Waals surface area (Å²) in [4.78, 5) is 28.4. The van der Waals surface area contributed by atoms with E-state index in [0.717, 1.165) is 28.1 Å². The van der Waals surface area contributed by atoms with Crippen molar-refractivity contribution >= 4 is 39.1 Å². The Morgan fingerprint density at radius 2 is 1.72 bits per heavy atom. The minimum Gasteiger partial charge on any atom is -0.495 e. The molecular formula is C26H36ClN3O5S.